The number of nitro benzene ring substituents is 1. The highest BCUT2D eigenvalue weighted by atomic mass is 35.5. The molecule has 0 heterocycles. The maximum atomic E-state index is 13.5. The van der Waals surface area contributed by atoms with Gasteiger partial charge in [-0.15, -0.1) is 5.11 Å². The van der Waals surface area contributed by atoms with Gasteiger partial charge in [0.15, 0.2) is 5.82 Å². The van der Waals surface area contributed by atoms with Gasteiger partial charge in [0.2, 0.25) is 0 Å². The highest BCUT2D eigenvalue weighted by Crippen LogP contribution is 2.23. The number of non-ortho nitro benzene ring substituents is 1. The summed E-state index contributed by atoms with van der Waals surface area (Å²) in [6.45, 7) is 0. The molecule has 0 aliphatic carbocycles. The van der Waals surface area contributed by atoms with Crippen LogP contribution in [0.4, 0.5) is 21.5 Å². The van der Waals surface area contributed by atoms with Crippen LogP contribution in [0.25, 0.3) is 0 Å². The lowest BCUT2D eigenvalue weighted by Crippen LogP contribution is -1.89. The van der Waals surface area contributed by atoms with Crippen molar-refractivity contribution in [2.75, 3.05) is 5.43 Å². The van der Waals surface area contributed by atoms with E-state index in [1.807, 2.05) is 0 Å². The van der Waals surface area contributed by atoms with Crippen LogP contribution in [0.5, 0.6) is 0 Å². The summed E-state index contributed by atoms with van der Waals surface area (Å²) >= 11 is 5.72. The van der Waals surface area contributed by atoms with Crippen molar-refractivity contribution in [3.8, 4) is 0 Å². The van der Waals surface area contributed by atoms with Crippen molar-refractivity contribution < 1.29 is 9.31 Å². The molecule has 2 rings (SSSR count). The number of hydrogen-bond acceptors (Lipinski definition) is 4. The van der Waals surface area contributed by atoms with Crippen LogP contribution >= 0.6 is 11.6 Å². The number of nitrogens with one attached hydrogen (secondary N) is 1. The first-order chi connectivity index (χ1) is 9.56. The lowest BCUT2D eigenvalue weighted by molar-refractivity contribution is -0.385. The monoisotopic (exact) mass is 294 g/mol. The molecule has 0 radical (unpaired) electrons. The zero-order chi connectivity index (χ0) is 14.5. The SMILES string of the molecule is O=[N+]([O-])c1ccc(N=NNc2ccc(Cl)cc2)c(F)c1. The Kier molecular flexibility index (Phi) is 4.21. The predicted octanol–water partition coefficient (Wildman–Crippen LogP) is 4.50. The molecule has 0 atom stereocenters. The molecule has 0 fully saturated rings. The Morgan fingerprint density at radius 2 is 1.90 bits per heavy atom. The summed E-state index contributed by atoms with van der Waals surface area (Å²) in [7, 11) is 0. The second-order valence-corrected chi connectivity index (χ2v) is 4.15. The second-order valence-electron chi connectivity index (χ2n) is 3.71. The van der Waals surface area contributed by atoms with Gasteiger partial charge in [0.25, 0.3) is 5.69 Å². The van der Waals surface area contributed by atoms with Gasteiger partial charge in [0.1, 0.15) is 5.69 Å². The van der Waals surface area contributed by atoms with Crippen molar-refractivity contribution in [3.05, 3.63) is 63.4 Å². The van der Waals surface area contributed by atoms with E-state index in [0.717, 1.165) is 12.1 Å². The topological polar surface area (TPSA) is 79.9 Å². The van der Waals surface area contributed by atoms with E-state index in [0.29, 0.717) is 10.7 Å². The Balaban J connectivity index is 2.08. The number of rotatable bonds is 4. The first-order valence-corrected chi connectivity index (χ1v) is 5.80. The fourth-order valence-corrected chi connectivity index (χ4v) is 1.48. The smallest absolute Gasteiger partial charge is 0.260 e. The highest BCUT2D eigenvalue weighted by Gasteiger charge is 2.10. The van der Waals surface area contributed by atoms with Crippen LogP contribution in [-0.2, 0) is 0 Å². The zero-order valence-electron chi connectivity index (χ0n) is 9.96. The van der Waals surface area contributed by atoms with Gasteiger partial charge in [-0.3, -0.25) is 15.5 Å². The van der Waals surface area contributed by atoms with E-state index in [9.17, 15) is 14.5 Å². The molecule has 2 aromatic rings. The molecule has 0 aromatic heterocycles. The Labute approximate surface area is 118 Å². The van der Waals surface area contributed by atoms with Crippen molar-refractivity contribution in [1.29, 1.82) is 0 Å². The molecule has 2 aromatic carbocycles. The largest absolute Gasteiger partial charge is 0.272 e. The van der Waals surface area contributed by atoms with Crippen LogP contribution < -0.4 is 5.43 Å². The molecule has 1 N–H and O–H groups in total. The van der Waals surface area contributed by atoms with Crippen molar-refractivity contribution >= 4 is 28.7 Å². The molecule has 0 aliphatic rings. The summed E-state index contributed by atoms with van der Waals surface area (Å²) < 4.78 is 13.5. The number of nitro groups is 1. The fraction of sp³-hybridized carbons (Fsp3) is 0. The minimum absolute atomic E-state index is 0.0999. The Morgan fingerprint density at radius 3 is 2.50 bits per heavy atom. The first kappa shape index (κ1) is 13.9. The summed E-state index contributed by atoms with van der Waals surface area (Å²) in [4.78, 5) is 9.77. The fourth-order valence-electron chi connectivity index (χ4n) is 1.35. The van der Waals surface area contributed by atoms with E-state index in [2.05, 4.69) is 15.8 Å². The van der Waals surface area contributed by atoms with Gasteiger partial charge >= 0.3 is 0 Å². The number of halogens is 2. The van der Waals surface area contributed by atoms with E-state index < -0.39 is 10.7 Å². The highest BCUT2D eigenvalue weighted by molar-refractivity contribution is 6.30. The minimum Gasteiger partial charge on any atom is -0.260 e. The molecule has 0 unspecified atom stereocenters. The Hall–Kier alpha value is -2.54. The molecule has 0 saturated heterocycles. The van der Waals surface area contributed by atoms with Gasteiger partial charge in [0, 0.05) is 11.1 Å². The summed E-state index contributed by atoms with van der Waals surface area (Å²) in [6.07, 6.45) is 0. The van der Waals surface area contributed by atoms with Gasteiger partial charge in [0.05, 0.1) is 16.7 Å². The van der Waals surface area contributed by atoms with Crippen LogP contribution in [-0.4, -0.2) is 4.92 Å². The van der Waals surface area contributed by atoms with Crippen molar-refractivity contribution in [2.45, 2.75) is 0 Å². The van der Waals surface area contributed by atoms with Gasteiger partial charge in [-0.25, -0.2) is 4.39 Å². The summed E-state index contributed by atoms with van der Waals surface area (Å²) in [5.74, 6) is -0.819. The number of benzene rings is 2. The summed E-state index contributed by atoms with van der Waals surface area (Å²) in [5, 5.41) is 18.2. The van der Waals surface area contributed by atoms with E-state index in [4.69, 9.17) is 11.6 Å². The average molecular weight is 295 g/mol. The van der Waals surface area contributed by atoms with Crippen molar-refractivity contribution in [3.63, 3.8) is 0 Å². The van der Waals surface area contributed by atoms with Gasteiger partial charge < -0.3 is 0 Å². The quantitative estimate of drug-likeness (QED) is 0.512. The van der Waals surface area contributed by atoms with Crippen LogP contribution in [0.15, 0.2) is 52.8 Å². The van der Waals surface area contributed by atoms with Crippen LogP contribution in [0.2, 0.25) is 5.02 Å². The number of nitrogens with zero attached hydrogens (tertiary/aromatic N) is 3. The third-order valence-electron chi connectivity index (χ3n) is 2.32. The zero-order valence-corrected chi connectivity index (χ0v) is 10.7. The maximum Gasteiger partial charge on any atom is 0.272 e. The molecule has 0 bridgehead atoms. The van der Waals surface area contributed by atoms with Crippen molar-refractivity contribution in [1.82, 2.24) is 0 Å². The van der Waals surface area contributed by atoms with Gasteiger partial charge in [-0.1, -0.05) is 16.8 Å². The molecule has 8 heteroatoms. The normalized spacial score (nSPS) is 10.7. The molecular formula is C12H8ClFN4O2. The van der Waals surface area contributed by atoms with E-state index in [-0.39, 0.29) is 11.4 Å². The minimum atomic E-state index is -0.819. The van der Waals surface area contributed by atoms with Gasteiger partial charge in [-0.2, -0.15) is 0 Å². The van der Waals surface area contributed by atoms with Gasteiger partial charge in [-0.05, 0) is 30.3 Å². The molecule has 102 valence electrons. The van der Waals surface area contributed by atoms with E-state index in [1.54, 1.807) is 24.3 Å². The molecule has 0 saturated carbocycles. The Morgan fingerprint density at radius 1 is 1.20 bits per heavy atom. The second kappa shape index (κ2) is 6.07. The van der Waals surface area contributed by atoms with Crippen molar-refractivity contribution in [2.24, 2.45) is 10.3 Å². The summed E-state index contributed by atoms with van der Waals surface area (Å²) in [6, 6.07) is 9.79. The third-order valence-corrected chi connectivity index (χ3v) is 2.58. The number of hydrogen-bond donors (Lipinski definition) is 1. The summed E-state index contributed by atoms with van der Waals surface area (Å²) in [5.41, 5.74) is 2.77. The lowest BCUT2D eigenvalue weighted by Gasteiger charge is -1.99. The van der Waals surface area contributed by atoms with Crippen LogP contribution in [0.3, 0.4) is 0 Å². The van der Waals surface area contributed by atoms with E-state index in [1.165, 1.54) is 6.07 Å². The maximum absolute atomic E-state index is 13.5. The third kappa shape index (κ3) is 3.48. The number of anilines is 1. The first-order valence-electron chi connectivity index (χ1n) is 5.42. The average Bonchev–Trinajstić information content (AvgIpc) is 2.42. The molecule has 0 spiro atoms. The lowest BCUT2D eigenvalue weighted by atomic mass is 10.3. The van der Waals surface area contributed by atoms with Crippen LogP contribution in [0, 0.1) is 15.9 Å². The molecule has 0 amide bonds. The van der Waals surface area contributed by atoms with E-state index >= 15 is 0 Å². The van der Waals surface area contributed by atoms with Crippen LogP contribution in [0.1, 0.15) is 0 Å². The molecule has 20 heavy (non-hydrogen) atoms. The molecule has 6 nitrogen and oxygen atoms in total. The molecular weight excluding hydrogens is 287 g/mol. The Bertz CT molecular complexity index is 661. The standard InChI is InChI=1S/C12H8ClFN4O2/c13-8-1-3-9(4-2-8)15-17-16-12-6-5-10(18(19)20)7-11(12)14/h1-7H,(H,15,16). The predicted molar refractivity (Wildman–Crippen MR) is 72.6 cm³/mol. The molecule has 0 aliphatic heterocycles.